The summed E-state index contributed by atoms with van der Waals surface area (Å²) in [6, 6.07) is 16.8. The number of halogens is 1. The van der Waals surface area contributed by atoms with E-state index >= 15 is 0 Å². The fourth-order valence-electron chi connectivity index (χ4n) is 2.75. The van der Waals surface area contributed by atoms with Crippen molar-refractivity contribution in [3.8, 4) is 5.69 Å². The minimum Gasteiger partial charge on any atom is -0.338 e. The molecule has 2 aromatic carbocycles. The average Bonchev–Trinajstić information content (AvgIpc) is 3.11. The summed E-state index contributed by atoms with van der Waals surface area (Å²) < 4.78 is 1.91. The lowest BCUT2D eigenvalue weighted by atomic mass is 10.1. The molecule has 0 spiro atoms. The SMILES string of the molecule is CCNC(=O)NC(=O)[C@@H](C)Sc1nnc(Cc2ccccc2)n1-c1ccc(Cl)cc1. The second-order valence-electron chi connectivity index (χ2n) is 6.48. The monoisotopic (exact) mass is 443 g/mol. The van der Waals surface area contributed by atoms with Crippen LogP contribution in [0.2, 0.25) is 5.02 Å². The lowest BCUT2D eigenvalue weighted by Crippen LogP contribution is -2.42. The number of amides is 3. The van der Waals surface area contributed by atoms with Crippen LogP contribution in [0.15, 0.2) is 59.8 Å². The molecule has 0 saturated heterocycles. The number of hydrogen-bond donors (Lipinski definition) is 2. The summed E-state index contributed by atoms with van der Waals surface area (Å²) in [6.07, 6.45) is 0.580. The number of nitrogens with one attached hydrogen (secondary N) is 2. The molecule has 0 fully saturated rings. The van der Waals surface area contributed by atoms with Gasteiger partial charge >= 0.3 is 6.03 Å². The second kappa shape index (κ2) is 10.3. The number of rotatable bonds is 7. The van der Waals surface area contributed by atoms with Crippen molar-refractivity contribution in [1.29, 1.82) is 0 Å². The number of urea groups is 1. The van der Waals surface area contributed by atoms with Crippen LogP contribution in [0.1, 0.15) is 25.2 Å². The zero-order chi connectivity index (χ0) is 21.5. The molecular weight excluding hydrogens is 422 g/mol. The van der Waals surface area contributed by atoms with Crippen molar-refractivity contribution in [3.63, 3.8) is 0 Å². The third kappa shape index (κ3) is 5.61. The molecule has 0 aliphatic carbocycles. The largest absolute Gasteiger partial charge is 0.338 e. The molecule has 156 valence electrons. The molecule has 1 atom stereocenters. The van der Waals surface area contributed by atoms with Gasteiger partial charge in [0.05, 0.1) is 5.25 Å². The lowest BCUT2D eigenvalue weighted by Gasteiger charge is -2.14. The topological polar surface area (TPSA) is 88.9 Å². The van der Waals surface area contributed by atoms with Gasteiger partial charge in [0, 0.05) is 23.7 Å². The maximum absolute atomic E-state index is 12.4. The Bertz CT molecular complexity index is 1010. The molecule has 0 aliphatic rings. The van der Waals surface area contributed by atoms with E-state index < -0.39 is 17.2 Å². The predicted octanol–water partition coefficient (Wildman–Crippen LogP) is 3.84. The van der Waals surface area contributed by atoms with E-state index in [1.165, 1.54) is 11.8 Å². The summed E-state index contributed by atoms with van der Waals surface area (Å²) >= 11 is 7.28. The Morgan fingerprint density at radius 1 is 1.10 bits per heavy atom. The number of aromatic nitrogens is 3. The van der Waals surface area contributed by atoms with Crippen molar-refractivity contribution in [1.82, 2.24) is 25.4 Å². The van der Waals surface area contributed by atoms with Gasteiger partial charge in [0.2, 0.25) is 5.91 Å². The van der Waals surface area contributed by atoms with Crippen LogP contribution in [0.25, 0.3) is 5.69 Å². The van der Waals surface area contributed by atoms with Crippen molar-refractivity contribution in [2.75, 3.05) is 6.54 Å². The van der Waals surface area contributed by atoms with Crippen molar-refractivity contribution < 1.29 is 9.59 Å². The number of hydrogen-bond acceptors (Lipinski definition) is 5. The van der Waals surface area contributed by atoms with Crippen LogP contribution in [0.5, 0.6) is 0 Å². The van der Waals surface area contributed by atoms with Crippen molar-refractivity contribution in [2.45, 2.75) is 30.7 Å². The number of thioether (sulfide) groups is 1. The molecule has 7 nitrogen and oxygen atoms in total. The first kappa shape index (κ1) is 21.9. The van der Waals surface area contributed by atoms with Gasteiger partial charge in [-0.15, -0.1) is 10.2 Å². The van der Waals surface area contributed by atoms with Crippen LogP contribution >= 0.6 is 23.4 Å². The van der Waals surface area contributed by atoms with Gasteiger partial charge in [0.15, 0.2) is 5.16 Å². The molecule has 9 heteroatoms. The maximum Gasteiger partial charge on any atom is 0.321 e. The van der Waals surface area contributed by atoms with E-state index in [9.17, 15) is 9.59 Å². The van der Waals surface area contributed by atoms with Gasteiger partial charge in [-0.1, -0.05) is 53.7 Å². The standard InChI is InChI=1S/C21H22ClN5O2S/c1-3-23-20(29)24-19(28)14(2)30-21-26-25-18(13-15-7-5-4-6-8-15)27(21)17-11-9-16(22)10-12-17/h4-12,14H,3,13H2,1-2H3,(H2,23,24,28,29)/t14-/m1/s1. The molecule has 3 rings (SSSR count). The molecular formula is C21H22ClN5O2S. The third-order valence-corrected chi connectivity index (χ3v) is 5.51. The second-order valence-corrected chi connectivity index (χ2v) is 8.23. The van der Waals surface area contributed by atoms with Crippen LogP contribution in [0.3, 0.4) is 0 Å². The fraction of sp³-hybridized carbons (Fsp3) is 0.238. The Morgan fingerprint density at radius 3 is 2.47 bits per heavy atom. The molecule has 1 aromatic heterocycles. The number of imide groups is 1. The van der Waals surface area contributed by atoms with E-state index in [1.54, 1.807) is 26.0 Å². The summed E-state index contributed by atoms with van der Waals surface area (Å²) in [6.45, 7) is 3.94. The van der Waals surface area contributed by atoms with E-state index in [4.69, 9.17) is 11.6 Å². The molecule has 30 heavy (non-hydrogen) atoms. The number of carbonyl (C=O) groups excluding carboxylic acids is 2. The van der Waals surface area contributed by atoms with Gasteiger partial charge in [0.1, 0.15) is 5.82 Å². The van der Waals surface area contributed by atoms with Crippen molar-refractivity contribution >= 4 is 35.3 Å². The van der Waals surface area contributed by atoms with Crippen molar-refractivity contribution in [2.24, 2.45) is 0 Å². The molecule has 0 radical (unpaired) electrons. The van der Waals surface area contributed by atoms with Crippen LogP contribution in [-0.4, -0.2) is 38.5 Å². The Hall–Kier alpha value is -2.84. The van der Waals surface area contributed by atoms with E-state index in [0.29, 0.717) is 23.1 Å². The zero-order valence-corrected chi connectivity index (χ0v) is 18.2. The van der Waals surface area contributed by atoms with Crippen LogP contribution in [-0.2, 0) is 11.2 Å². The van der Waals surface area contributed by atoms with Gasteiger partial charge in [0.25, 0.3) is 0 Å². The normalized spacial score (nSPS) is 11.7. The minimum atomic E-state index is -0.549. The molecule has 0 saturated carbocycles. The van der Waals surface area contributed by atoms with Crippen LogP contribution in [0, 0.1) is 0 Å². The predicted molar refractivity (Wildman–Crippen MR) is 118 cm³/mol. The smallest absolute Gasteiger partial charge is 0.321 e. The summed E-state index contributed by atoms with van der Waals surface area (Å²) in [5.41, 5.74) is 1.94. The Kier molecular flexibility index (Phi) is 7.48. The van der Waals surface area contributed by atoms with Crippen LogP contribution in [0.4, 0.5) is 4.79 Å². The summed E-state index contributed by atoms with van der Waals surface area (Å²) in [4.78, 5) is 24.0. The molecule has 0 bridgehead atoms. The quantitative estimate of drug-likeness (QED) is 0.541. The first-order valence-electron chi connectivity index (χ1n) is 9.47. The minimum absolute atomic E-state index is 0.402. The van der Waals surface area contributed by atoms with E-state index in [1.807, 2.05) is 47.0 Å². The van der Waals surface area contributed by atoms with E-state index in [-0.39, 0.29) is 0 Å². The maximum atomic E-state index is 12.4. The van der Waals surface area contributed by atoms with Crippen molar-refractivity contribution in [3.05, 3.63) is 71.0 Å². The highest BCUT2D eigenvalue weighted by atomic mass is 35.5. The average molecular weight is 444 g/mol. The summed E-state index contributed by atoms with van der Waals surface area (Å²) in [5.74, 6) is 0.337. The summed E-state index contributed by atoms with van der Waals surface area (Å²) in [7, 11) is 0. The molecule has 0 unspecified atom stereocenters. The van der Waals surface area contributed by atoms with Gasteiger partial charge in [-0.2, -0.15) is 0 Å². The third-order valence-electron chi connectivity index (χ3n) is 4.22. The first-order valence-corrected chi connectivity index (χ1v) is 10.7. The molecule has 3 amide bonds. The molecule has 3 aromatic rings. The highest BCUT2D eigenvalue weighted by Gasteiger charge is 2.22. The highest BCUT2D eigenvalue weighted by molar-refractivity contribution is 8.00. The van der Waals surface area contributed by atoms with E-state index in [2.05, 4.69) is 20.8 Å². The zero-order valence-electron chi connectivity index (χ0n) is 16.6. The molecule has 0 aliphatic heterocycles. The number of carbonyl (C=O) groups is 2. The Labute approximate surface area is 184 Å². The first-order chi connectivity index (χ1) is 14.5. The highest BCUT2D eigenvalue weighted by Crippen LogP contribution is 2.27. The lowest BCUT2D eigenvalue weighted by molar-refractivity contribution is -0.119. The summed E-state index contributed by atoms with van der Waals surface area (Å²) in [5, 5.41) is 14.2. The molecule has 2 N–H and O–H groups in total. The number of benzene rings is 2. The Morgan fingerprint density at radius 2 is 1.80 bits per heavy atom. The van der Waals surface area contributed by atoms with Gasteiger partial charge < -0.3 is 5.32 Å². The van der Waals surface area contributed by atoms with Gasteiger partial charge in [-0.05, 0) is 43.7 Å². The fourth-order valence-corrected chi connectivity index (χ4v) is 3.76. The van der Waals surface area contributed by atoms with Gasteiger partial charge in [-0.25, -0.2) is 4.79 Å². The number of nitrogens with zero attached hydrogens (tertiary/aromatic N) is 3. The Balaban J connectivity index is 1.87. The van der Waals surface area contributed by atoms with E-state index in [0.717, 1.165) is 17.1 Å². The van der Waals surface area contributed by atoms with Gasteiger partial charge in [-0.3, -0.25) is 14.7 Å². The van der Waals surface area contributed by atoms with Crippen LogP contribution < -0.4 is 10.6 Å². The molecule has 1 heterocycles.